The van der Waals surface area contributed by atoms with Crippen LogP contribution in [0, 0.1) is 0 Å². The molecule has 2 aliphatic heterocycles. The van der Waals surface area contributed by atoms with E-state index in [9.17, 15) is 0 Å². The first-order chi connectivity index (χ1) is 24.8. The van der Waals surface area contributed by atoms with Gasteiger partial charge in [0.15, 0.2) is 5.82 Å². The molecule has 4 nitrogen and oxygen atoms in total. The van der Waals surface area contributed by atoms with E-state index in [1.165, 1.54) is 33.4 Å². The first-order valence-electron chi connectivity index (χ1n) is 17.4. The molecule has 1 atom stereocenters. The molecule has 50 heavy (non-hydrogen) atoms. The summed E-state index contributed by atoms with van der Waals surface area (Å²) in [6.07, 6.45) is 13.6. The van der Waals surface area contributed by atoms with Gasteiger partial charge in [-0.1, -0.05) is 133 Å². The highest BCUT2D eigenvalue weighted by Crippen LogP contribution is 2.62. The fourth-order valence-electron chi connectivity index (χ4n) is 8.29. The van der Waals surface area contributed by atoms with Gasteiger partial charge in [0.1, 0.15) is 11.5 Å². The van der Waals surface area contributed by atoms with Gasteiger partial charge >= 0.3 is 0 Å². The number of para-hydroxylation sites is 1. The Balaban J connectivity index is 1.03. The van der Waals surface area contributed by atoms with Crippen LogP contribution in [0.3, 0.4) is 0 Å². The topological polar surface area (TPSA) is 47.4 Å². The van der Waals surface area contributed by atoms with Gasteiger partial charge in [0.2, 0.25) is 0 Å². The maximum Gasteiger partial charge on any atom is 0.160 e. The average Bonchev–Trinajstić information content (AvgIpc) is 3.49. The van der Waals surface area contributed by atoms with Gasteiger partial charge in [-0.25, -0.2) is 9.97 Å². The third kappa shape index (κ3) is 4.41. The molecular weight excluding hydrogens is 611 g/mol. The Labute approximate surface area is 291 Å². The molecule has 5 aromatic carbocycles. The molecule has 0 radical (unpaired) electrons. The van der Waals surface area contributed by atoms with Gasteiger partial charge < -0.3 is 4.74 Å². The summed E-state index contributed by atoms with van der Waals surface area (Å²) in [6.45, 7) is 0. The summed E-state index contributed by atoms with van der Waals surface area (Å²) >= 11 is 0. The first kappa shape index (κ1) is 28.8. The van der Waals surface area contributed by atoms with Gasteiger partial charge in [0, 0.05) is 34.4 Å². The van der Waals surface area contributed by atoms with E-state index in [0.717, 1.165) is 70.4 Å². The highest BCUT2D eigenvalue weighted by atomic mass is 16.5. The molecule has 4 heteroatoms. The summed E-state index contributed by atoms with van der Waals surface area (Å²) in [5.41, 5.74) is 13.3. The fraction of sp³-hybridized carbons (Fsp3) is 0.109. The molecule has 0 N–H and O–H groups in total. The van der Waals surface area contributed by atoms with Crippen LogP contribution in [-0.4, -0.2) is 16.2 Å². The van der Waals surface area contributed by atoms with Crippen molar-refractivity contribution in [1.29, 1.82) is 0 Å². The maximum atomic E-state index is 6.74. The van der Waals surface area contributed by atoms with Gasteiger partial charge in [0.05, 0.1) is 22.5 Å². The number of nitrogens with zero attached hydrogens (tertiary/aromatic N) is 3. The van der Waals surface area contributed by atoms with Crippen LogP contribution >= 0.6 is 0 Å². The summed E-state index contributed by atoms with van der Waals surface area (Å²) in [5, 5.41) is 0. The number of hydrogen-bond donors (Lipinski definition) is 0. The van der Waals surface area contributed by atoms with Crippen molar-refractivity contribution in [1.82, 2.24) is 9.97 Å². The Morgan fingerprint density at radius 3 is 2.10 bits per heavy atom. The molecule has 238 valence electrons. The van der Waals surface area contributed by atoms with Crippen molar-refractivity contribution in [3.63, 3.8) is 0 Å². The Kier molecular flexibility index (Phi) is 6.63. The zero-order valence-corrected chi connectivity index (χ0v) is 27.5. The van der Waals surface area contributed by atoms with Crippen molar-refractivity contribution in [2.45, 2.75) is 30.6 Å². The molecule has 1 aromatic heterocycles. The molecule has 4 aliphatic rings. The lowest BCUT2D eigenvalue weighted by Gasteiger charge is -2.39. The molecule has 0 fully saturated rings. The SMILES string of the molecule is C1=CCCC(c2cc(C3C=NC(c4ccc5c(c4)Oc4ccccc4C54c5ccccc5-c5ccccc54)=CC3)nc(-c3ccccc3)n2)=C1. The standard InChI is InChI=1S/C46H33N3O/c1-3-13-30(14-4-1)41-28-42(49-45(48-41)31-15-5-2-6-16-31)33-24-26-40(47-29-33)32-23-25-39-44(27-32)50-43-22-12-11-21-38(43)46(39)36-19-9-7-17-34(36)35-18-8-10-20-37(35)46/h1-3,5-13,15-23,25-29,33H,4,14,24H2. The number of rotatable bonds is 4. The molecule has 0 saturated carbocycles. The predicted octanol–water partition coefficient (Wildman–Crippen LogP) is 10.9. The molecule has 2 aliphatic carbocycles. The number of aromatic nitrogens is 2. The molecule has 6 aromatic rings. The Morgan fingerprint density at radius 2 is 1.36 bits per heavy atom. The minimum absolute atomic E-state index is 0.0539. The summed E-state index contributed by atoms with van der Waals surface area (Å²) in [7, 11) is 0. The van der Waals surface area contributed by atoms with Crippen molar-refractivity contribution in [2.24, 2.45) is 4.99 Å². The lowest BCUT2D eigenvalue weighted by molar-refractivity contribution is 0.436. The number of fused-ring (bicyclic) bond motifs is 9. The van der Waals surface area contributed by atoms with Crippen LogP contribution in [0.4, 0.5) is 0 Å². The molecule has 1 unspecified atom stereocenters. The van der Waals surface area contributed by atoms with Crippen LogP contribution < -0.4 is 4.74 Å². The first-order valence-corrected chi connectivity index (χ1v) is 17.4. The monoisotopic (exact) mass is 643 g/mol. The van der Waals surface area contributed by atoms with Crippen molar-refractivity contribution >= 4 is 17.5 Å². The van der Waals surface area contributed by atoms with Crippen LogP contribution in [0.15, 0.2) is 157 Å². The second-order valence-electron chi connectivity index (χ2n) is 13.4. The second-order valence-corrected chi connectivity index (χ2v) is 13.4. The summed E-state index contributed by atoms with van der Waals surface area (Å²) < 4.78 is 6.74. The molecule has 1 spiro atoms. The number of allylic oxidation sites excluding steroid dienone is 5. The highest BCUT2D eigenvalue weighted by Gasteiger charge is 2.50. The minimum Gasteiger partial charge on any atom is -0.457 e. The molecular formula is C46H33N3O. The minimum atomic E-state index is -0.462. The summed E-state index contributed by atoms with van der Waals surface area (Å²) in [4.78, 5) is 15.1. The van der Waals surface area contributed by atoms with E-state index in [0.29, 0.717) is 0 Å². The maximum absolute atomic E-state index is 6.74. The number of aliphatic imine (C=N–C) groups is 1. The number of hydrogen-bond acceptors (Lipinski definition) is 4. The van der Waals surface area contributed by atoms with Gasteiger partial charge in [-0.05, 0) is 65.3 Å². The van der Waals surface area contributed by atoms with E-state index in [1.54, 1.807) is 0 Å². The fourth-order valence-corrected chi connectivity index (χ4v) is 8.29. The largest absolute Gasteiger partial charge is 0.457 e. The summed E-state index contributed by atoms with van der Waals surface area (Å²) in [5.74, 6) is 2.57. The van der Waals surface area contributed by atoms with E-state index in [2.05, 4.69) is 140 Å². The number of ether oxygens (including phenoxy) is 1. The average molecular weight is 644 g/mol. The number of benzene rings is 5. The quantitative estimate of drug-likeness (QED) is 0.192. The zero-order valence-electron chi connectivity index (χ0n) is 27.5. The smallest absolute Gasteiger partial charge is 0.160 e. The van der Waals surface area contributed by atoms with E-state index < -0.39 is 5.41 Å². The van der Waals surface area contributed by atoms with Crippen LogP contribution in [0.25, 0.3) is 33.8 Å². The zero-order chi connectivity index (χ0) is 33.1. The van der Waals surface area contributed by atoms with E-state index in [4.69, 9.17) is 19.7 Å². The Hall–Kier alpha value is -6.13. The third-order valence-electron chi connectivity index (χ3n) is 10.6. The molecule has 3 heterocycles. The Bertz CT molecular complexity index is 2410. The normalized spacial score (nSPS) is 17.6. The highest BCUT2D eigenvalue weighted by molar-refractivity contribution is 5.89. The third-order valence-corrected chi connectivity index (χ3v) is 10.6. The van der Waals surface area contributed by atoms with Crippen molar-refractivity contribution in [3.05, 3.63) is 191 Å². The molecule has 0 bridgehead atoms. The lowest BCUT2D eigenvalue weighted by atomic mass is 9.66. The second kappa shape index (κ2) is 11.5. The molecule has 0 saturated heterocycles. The van der Waals surface area contributed by atoms with Crippen LogP contribution in [-0.2, 0) is 5.41 Å². The van der Waals surface area contributed by atoms with Gasteiger partial charge in [-0.2, -0.15) is 0 Å². The van der Waals surface area contributed by atoms with E-state index in [-0.39, 0.29) is 5.92 Å². The predicted molar refractivity (Wildman–Crippen MR) is 201 cm³/mol. The molecule has 10 rings (SSSR count). The van der Waals surface area contributed by atoms with E-state index >= 15 is 0 Å². The van der Waals surface area contributed by atoms with Crippen molar-refractivity contribution < 1.29 is 4.74 Å². The van der Waals surface area contributed by atoms with Crippen molar-refractivity contribution in [3.8, 4) is 34.0 Å². The van der Waals surface area contributed by atoms with Gasteiger partial charge in [-0.15, -0.1) is 0 Å². The van der Waals surface area contributed by atoms with Crippen LogP contribution in [0.1, 0.15) is 64.4 Å². The van der Waals surface area contributed by atoms with Gasteiger partial charge in [0.25, 0.3) is 0 Å². The van der Waals surface area contributed by atoms with Crippen molar-refractivity contribution in [2.75, 3.05) is 0 Å². The lowest BCUT2D eigenvalue weighted by Crippen LogP contribution is -2.32. The van der Waals surface area contributed by atoms with Gasteiger partial charge in [-0.3, -0.25) is 4.99 Å². The van der Waals surface area contributed by atoms with E-state index in [1.807, 2.05) is 18.2 Å². The van der Waals surface area contributed by atoms with Crippen LogP contribution in [0.2, 0.25) is 0 Å². The molecule has 0 amide bonds. The summed E-state index contributed by atoms with van der Waals surface area (Å²) in [6, 6.07) is 45.2. The van der Waals surface area contributed by atoms with Crippen LogP contribution in [0.5, 0.6) is 11.5 Å². The Morgan fingerprint density at radius 1 is 0.640 bits per heavy atom.